The molecule has 102 valence electrons. The molecular formula is C14H18N2O3. The van der Waals surface area contributed by atoms with Crippen LogP contribution in [0.2, 0.25) is 0 Å². The van der Waals surface area contributed by atoms with Gasteiger partial charge < -0.3 is 10.5 Å². The lowest BCUT2D eigenvalue weighted by atomic mass is 9.92. The zero-order valence-corrected chi connectivity index (χ0v) is 11.2. The molecule has 2 amide bonds. The summed E-state index contributed by atoms with van der Waals surface area (Å²) >= 11 is 0. The minimum Gasteiger partial charge on any atom is -0.492 e. The molecule has 0 radical (unpaired) electrons. The van der Waals surface area contributed by atoms with Crippen LogP contribution in [0.15, 0.2) is 24.3 Å². The standard InChI is InChI=1S/C14H18N2O3/c1-14(2)9-12(17)16(13(14)18)6-7-19-11-5-3-4-10(15)8-11/h3-5,8H,6-7,9,15H2,1-2H3. The van der Waals surface area contributed by atoms with Gasteiger partial charge in [-0.15, -0.1) is 0 Å². The number of likely N-dealkylation sites (tertiary alicyclic amines) is 1. The molecule has 5 nitrogen and oxygen atoms in total. The maximum Gasteiger partial charge on any atom is 0.235 e. The van der Waals surface area contributed by atoms with E-state index in [1.54, 1.807) is 38.1 Å². The predicted octanol–water partition coefficient (Wildman–Crippen LogP) is 1.43. The summed E-state index contributed by atoms with van der Waals surface area (Å²) in [6, 6.07) is 7.05. The molecule has 2 N–H and O–H groups in total. The van der Waals surface area contributed by atoms with Crippen LogP contribution < -0.4 is 10.5 Å². The van der Waals surface area contributed by atoms with Crippen molar-refractivity contribution in [3.05, 3.63) is 24.3 Å². The van der Waals surface area contributed by atoms with E-state index in [1.165, 1.54) is 4.90 Å². The molecule has 1 aromatic rings. The Bertz CT molecular complexity index is 511. The van der Waals surface area contributed by atoms with Crippen LogP contribution in [0.4, 0.5) is 5.69 Å². The quantitative estimate of drug-likeness (QED) is 0.658. The molecular weight excluding hydrogens is 244 g/mol. The number of carbonyl (C=O) groups is 2. The molecule has 1 aliphatic heterocycles. The number of imide groups is 1. The van der Waals surface area contributed by atoms with E-state index in [9.17, 15) is 9.59 Å². The lowest BCUT2D eigenvalue weighted by Gasteiger charge is -2.17. The van der Waals surface area contributed by atoms with Crippen molar-refractivity contribution in [2.75, 3.05) is 18.9 Å². The van der Waals surface area contributed by atoms with E-state index in [0.717, 1.165) is 0 Å². The highest BCUT2D eigenvalue weighted by Crippen LogP contribution is 2.31. The van der Waals surface area contributed by atoms with Crippen LogP contribution in [-0.4, -0.2) is 29.9 Å². The van der Waals surface area contributed by atoms with Crippen molar-refractivity contribution in [2.45, 2.75) is 20.3 Å². The lowest BCUT2D eigenvalue weighted by Crippen LogP contribution is -2.36. The van der Waals surface area contributed by atoms with Crippen molar-refractivity contribution in [1.29, 1.82) is 0 Å². The highest BCUT2D eigenvalue weighted by molar-refractivity contribution is 6.05. The van der Waals surface area contributed by atoms with E-state index in [0.29, 0.717) is 11.4 Å². The van der Waals surface area contributed by atoms with Gasteiger partial charge in [-0.25, -0.2) is 0 Å². The molecule has 1 aromatic carbocycles. The molecule has 0 aromatic heterocycles. The van der Waals surface area contributed by atoms with E-state index >= 15 is 0 Å². The van der Waals surface area contributed by atoms with Gasteiger partial charge in [0.1, 0.15) is 12.4 Å². The number of hydrogen-bond donors (Lipinski definition) is 1. The fraction of sp³-hybridized carbons (Fsp3) is 0.429. The Labute approximate surface area is 112 Å². The first kappa shape index (κ1) is 13.4. The van der Waals surface area contributed by atoms with Crippen molar-refractivity contribution >= 4 is 17.5 Å². The van der Waals surface area contributed by atoms with Crippen molar-refractivity contribution in [1.82, 2.24) is 4.90 Å². The van der Waals surface area contributed by atoms with Crippen molar-refractivity contribution < 1.29 is 14.3 Å². The summed E-state index contributed by atoms with van der Waals surface area (Å²) < 4.78 is 5.49. The number of nitrogen functional groups attached to an aromatic ring is 1. The summed E-state index contributed by atoms with van der Waals surface area (Å²) in [4.78, 5) is 25.0. The minimum absolute atomic E-state index is 0.131. The highest BCUT2D eigenvalue weighted by atomic mass is 16.5. The van der Waals surface area contributed by atoms with Crippen LogP contribution in [0.5, 0.6) is 5.75 Å². The van der Waals surface area contributed by atoms with Gasteiger partial charge in [0.05, 0.1) is 12.0 Å². The summed E-state index contributed by atoms with van der Waals surface area (Å²) in [5.41, 5.74) is 5.66. The Morgan fingerprint density at radius 2 is 2.11 bits per heavy atom. The fourth-order valence-electron chi connectivity index (χ4n) is 2.11. The summed E-state index contributed by atoms with van der Waals surface area (Å²) in [6.45, 7) is 4.12. The number of hydrogen-bond acceptors (Lipinski definition) is 4. The van der Waals surface area contributed by atoms with Gasteiger partial charge in [-0.1, -0.05) is 19.9 Å². The van der Waals surface area contributed by atoms with Crippen molar-refractivity contribution in [3.63, 3.8) is 0 Å². The molecule has 19 heavy (non-hydrogen) atoms. The summed E-state index contributed by atoms with van der Waals surface area (Å²) in [5.74, 6) is 0.373. The SMILES string of the molecule is CC1(C)CC(=O)N(CCOc2cccc(N)c2)C1=O. The molecule has 0 atom stereocenters. The average Bonchev–Trinajstić information content (AvgIpc) is 2.51. The van der Waals surface area contributed by atoms with Gasteiger partial charge in [0.15, 0.2) is 0 Å². The third-order valence-corrected chi connectivity index (χ3v) is 3.16. The number of rotatable bonds is 4. The summed E-state index contributed by atoms with van der Waals surface area (Å²) in [6.07, 6.45) is 0.268. The van der Waals surface area contributed by atoms with Crippen LogP contribution in [0.1, 0.15) is 20.3 Å². The topological polar surface area (TPSA) is 72.6 Å². The first-order valence-corrected chi connectivity index (χ1v) is 6.23. The molecule has 1 saturated heterocycles. The second-order valence-electron chi connectivity index (χ2n) is 5.33. The fourth-order valence-corrected chi connectivity index (χ4v) is 2.11. The number of nitrogens with two attached hydrogens (primary N) is 1. The molecule has 0 unspecified atom stereocenters. The van der Waals surface area contributed by atoms with Gasteiger partial charge >= 0.3 is 0 Å². The number of anilines is 1. The van der Waals surface area contributed by atoms with Gasteiger partial charge in [-0.05, 0) is 12.1 Å². The lowest BCUT2D eigenvalue weighted by molar-refractivity contribution is -0.141. The zero-order chi connectivity index (χ0) is 14.0. The van der Waals surface area contributed by atoms with Crippen LogP contribution in [0.25, 0.3) is 0 Å². The van der Waals surface area contributed by atoms with Gasteiger partial charge in [0.2, 0.25) is 11.8 Å². The predicted molar refractivity (Wildman–Crippen MR) is 71.5 cm³/mol. The maximum atomic E-state index is 12.0. The third-order valence-electron chi connectivity index (χ3n) is 3.16. The molecule has 0 aliphatic carbocycles. The largest absolute Gasteiger partial charge is 0.492 e. The second-order valence-corrected chi connectivity index (χ2v) is 5.33. The van der Waals surface area contributed by atoms with Crippen molar-refractivity contribution in [3.8, 4) is 5.75 Å². The first-order chi connectivity index (χ1) is 8.90. The molecule has 0 saturated carbocycles. The molecule has 1 aliphatic rings. The van der Waals surface area contributed by atoms with Gasteiger partial charge in [0, 0.05) is 18.2 Å². The smallest absolute Gasteiger partial charge is 0.235 e. The summed E-state index contributed by atoms with van der Waals surface area (Å²) in [5, 5.41) is 0. The number of ether oxygens (including phenoxy) is 1. The van der Waals surface area contributed by atoms with E-state index < -0.39 is 5.41 Å². The van der Waals surface area contributed by atoms with Crippen LogP contribution >= 0.6 is 0 Å². The van der Waals surface area contributed by atoms with Crippen LogP contribution in [-0.2, 0) is 9.59 Å². The van der Waals surface area contributed by atoms with E-state index in [-0.39, 0.29) is 31.4 Å². The highest BCUT2D eigenvalue weighted by Gasteiger charge is 2.44. The Kier molecular flexibility index (Phi) is 3.46. The third kappa shape index (κ3) is 2.86. The van der Waals surface area contributed by atoms with Crippen molar-refractivity contribution in [2.24, 2.45) is 5.41 Å². The Hall–Kier alpha value is -2.04. The Balaban J connectivity index is 1.90. The molecule has 0 spiro atoms. The average molecular weight is 262 g/mol. The normalized spacial score (nSPS) is 17.9. The molecule has 1 heterocycles. The number of nitrogens with zero attached hydrogens (tertiary/aromatic N) is 1. The monoisotopic (exact) mass is 262 g/mol. The molecule has 1 fully saturated rings. The first-order valence-electron chi connectivity index (χ1n) is 6.23. The Morgan fingerprint density at radius 3 is 2.68 bits per heavy atom. The molecule has 2 rings (SSSR count). The maximum absolute atomic E-state index is 12.0. The van der Waals surface area contributed by atoms with E-state index in [2.05, 4.69) is 0 Å². The van der Waals surface area contributed by atoms with Gasteiger partial charge in [-0.3, -0.25) is 14.5 Å². The Morgan fingerprint density at radius 1 is 1.37 bits per heavy atom. The van der Waals surface area contributed by atoms with Gasteiger partial charge in [-0.2, -0.15) is 0 Å². The van der Waals surface area contributed by atoms with E-state index in [4.69, 9.17) is 10.5 Å². The van der Waals surface area contributed by atoms with Crippen LogP contribution in [0.3, 0.4) is 0 Å². The summed E-state index contributed by atoms with van der Waals surface area (Å²) in [7, 11) is 0. The van der Waals surface area contributed by atoms with Gasteiger partial charge in [0.25, 0.3) is 0 Å². The second kappa shape index (κ2) is 4.91. The molecule has 0 bridgehead atoms. The number of carbonyl (C=O) groups excluding carboxylic acids is 2. The van der Waals surface area contributed by atoms with Crippen LogP contribution in [0, 0.1) is 5.41 Å². The minimum atomic E-state index is -0.589. The zero-order valence-electron chi connectivity index (χ0n) is 11.2. The molecule has 5 heteroatoms. The number of benzene rings is 1. The van der Waals surface area contributed by atoms with E-state index in [1.807, 2.05) is 0 Å². The number of amides is 2.